The van der Waals surface area contributed by atoms with Crippen LogP contribution in [0.2, 0.25) is 0 Å². The quantitative estimate of drug-likeness (QED) is 0.573. The molecule has 1 saturated heterocycles. The summed E-state index contributed by atoms with van der Waals surface area (Å²) in [4.78, 5) is 38.2. The van der Waals surface area contributed by atoms with Gasteiger partial charge in [0.15, 0.2) is 0 Å². The van der Waals surface area contributed by atoms with E-state index in [0.717, 1.165) is 31.4 Å². The molecule has 1 aliphatic rings. The molecule has 0 radical (unpaired) electrons. The van der Waals surface area contributed by atoms with Crippen molar-refractivity contribution in [1.29, 1.82) is 0 Å². The standard InChI is InChI=1S/C22H24N6O4/c1-32-21(30)16-5-4-6-17(13-16)24-22(31)23-9-12-28-19-8-7-15(14-18(19)25-26-28)20(29)27-10-2-3-11-27/h4-8,13-14H,2-3,9-12H2,1H3,(H2,23,24,31). The molecule has 166 valence electrons. The largest absolute Gasteiger partial charge is 0.465 e. The first kappa shape index (κ1) is 21.3. The van der Waals surface area contributed by atoms with Crippen molar-refractivity contribution < 1.29 is 19.1 Å². The number of nitrogens with zero attached hydrogens (tertiary/aromatic N) is 4. The number of hydrogen-bond acceptors (Lipinski definition) is 6. The van der Waals surface area contributed by atoms with Crippen molar-refractivity contribution in [2.45, 2.75) is 19.4 Å². The Kier molecular flexibility index (Phi) is 6.29. The molecular weight excluding hydrogens is 412 g/mol. The normalized spacial score (nSPS) is 13.2. The molecule has 2 aromatic carbocycles. The number of rotatable bonds is 6. The number of urea groups is 1. The number of hydrogen-bond donors (Lipinski definition) is 2. The maximum atomic E-state index is 12.6. The number of carbonyl (C=O) groups is 3. The first-order valence-electron chi connectivity index (χ1n) is 10.4. The fourth-order valence-electron chi connectivity index (χ4n) is 3.67. The zero-order valence-electron chi connectivity index (χ0n) is 17.7. The average Bonchev–Trinajstić information content (AvgIpc) is 3.48. The molecule has 0 spiro atoms. The van der Waals surface area contributed by atoms with Gasteiger partial charge in [-0.05, 0) is 49.2 Å². The maximum absolute atomic E-state index is 12.6. The minimum atomic E-state index is -0.475. The van der Waals surface area contributed by atoms with Gasteiger partial charge in [-0.25, -0.2) is 14.3 Å². The second-order valence-corrected chi connectivity index (χ2v) is 7.47. The first-order chi connectivity index (χ1) is 15.5. The maximum Gasteiger partial charge on any atom is 0.337 e. The van der Waals surface area contributed by atoms with Crippen LogP contribution in [0.3, 0.4) is 0 Å². The number of esters is 1. The van der Waals surface area contributed by atoms with Gasteiger partial charge in [0.2, 0.25) is 0 Å². The van der Waals surface area contributed by atoms with Crippen molar-refractivity contribution in [3.05, 3.63) is 53.6 Å². The Bertz CT molecular complexity index is 1150. The van der Waals surface area contributed by atoms with Crippen LogP contribution in [0, 0.1) is 0 Å². The van der Waals surface area contributed by atoms with Crippen LogP contribution in [0.4, 0.5) is 10.5 Å². The van der Waals surface area contributed by atoms with Gasteiger partial charge >= 0.3 is 12.0 Å². The number of nitrogens with one attached hydrogen (secondary N) is 2. The Morgan fingerprint density at radius 1 is 1.06 bits per heavy atom. The molecule has 0 unspecified atom stereocenters. The van der Waals surface area contributed by atoms with E-state index in [-0.39, 0.29) is 5.91 Å². The summed E-state index contributed by atoms with van der Waals surface area (Å²) >= 11 is 0. The van der Waals surface area contributed by atoms with Gasteiger partial charge in [0, 0.05) is 30.9 Å². The highest BCUT2D eigenvalue weighted by molar-refractivity contribution is 5.97. The fraction of sp³-hybridized carbons (Fsp3) is 0.318. The van der Waals surface area contributed by atoms with Crippen molar-refractivity contribution in [2.75, 3.05) is 32.1 Å². The molecule has 1 fully saturated rings. The lowest BCUT2D eigenvalue weighted by Crippen LogP contribution is -2.31. The van der Waals surface area contributed by atoms with Crippen LogP contribution in [-0.2, 0) is 11.3 Å². The van der Waals surface area contributed by atoms with Crippen molar-refractivity contribution in [2.24, 2.45) is 0 Å². The van der Waals surface area contributed by atoms with Gasteiger partial charge in [0.25, 0.3) is 5.91 Å². The number of likely N-dealkylation sites (tertiary alicyclic amines) is 1. The minimum Gasteiger partial charge on any atom is -0.465 e. The Morgan fingerprint density at radius 2 is 1.88 bits per heavy atom. The lowest BCUT2D eigenvalue weighted by molar-refractivity contribution is 0.0600. The van der Waals surface area contributed by atoms with Gasteiger partial charge in [-0.3, -0.25) is 4.79 Å². The zero-order valence-corrected chi connectivity index (χ0v) is 17.7. The molecule has 10 nitrogen and oxygen atoms in total. The highest BCUT2D eigenvalue weighted by Gasteiger charge is 2.20. The summed E-state index contributed by atoms with van der Waals surface area (Å²) in [6, 6.07) is 11.5. The number of benzene rings is 2. The molecule has 0 atom stereocenters. The molecule has 10 heteroatoms. The highest BCUT2D eigenvalue weighted by Crippen LogP contribution is 2.17. The predicted octanol–water partition coefficient (Wildman–Crippen LogP) is 2.28. The summed E-state index contributed by atoms with van der Waals surface area (Å²) in [7, 11) is 1.30. The number of aromatic nitrogens is 3. The zero-order chi connectivity index (χ0) is 22.5. The molecule has 0 saturated carbocycles. The molecule has 2 heterocycles. The molecule has 3 amide bonds. The highest BCUT2D eigenvalue weighted by atomic mass is 16.5. The third-order valence-electron chi connectivity index (χ3n) is 5.30. The van der Waals surface area contributed by atoms with E-state index in [1.807, 2.05) is 11.0 Å². The van der Waals surface area contributed by atoms with Crippen molar-refractivity contribution in [1.82, 2.24) is 25.2 Å². The number of fused-ring (bicyclic) bond motifs is 1. The number of carbonyl (C=O) groups excluding carboxylic acids is 3. The van der Waals surface area contributed by atoms with Crippen molar-refractivity contribution >= 4 is 34.6 Å². The number of amides is 3. The fourth-order valence-corrected chi connectivity index (χ4v) is 3.67. The smallest absolute Gasteiger partial charge is 0.337 e. The Balaban J connectivity index is 1.33. The molecule has 32 heavy (non-hydrogen) atoms. The topological polar surface area (TPSA) is 118 Å². The summed E-state index contributed by atoms with van der Waals surface area (Å²) in [5.41, 5.74) is 2.86. The van der Waals surface area contributed by atoms with Gasteiger partial charge in [-0.1, -0.05) is 11.3 Å². The van der Waals surface area contributed by atoms with Crippen LogP contribution in [-0.4, -0.2) is 64.5 Å². The van der Waals surface area contributed by atoms with Gasteiger partial charge in [0.05, 0.1) is 24.7 Å². The molecule has 1 aliphatic heterocycles. The second kappa shape index (κ2) is 9.46. The molecule has 2 N–H and O–H groups in total. The summed E-state index contributed by atoms with van der Waals surface area (Å²) in [6.07, 6.45) is 2.09. The van der Waals surface area contributed by atoms with E-state index >= 15 is 0 Å². The first-order valence-corrected chi connectivity index (χ1v) is 10.4. The summed E-state index contributed by atoms with van der Waals surface area (Å²) in [6.45, 7) is 2.32. The van der Waals surface area contributed by atoms with Crippen LogP contribution in [0.1, 0.15) is 33.6 Å². The van der Waals surface area contributed by atoms with Gasteiger partial charge < -0.3 is 20.3 Å². The summed E-state index contributed by atoms with van der Waals surface area (Å²) in [5.74, 6) is -0.453. The van der Waals surface area contributed by atoms with E-state index in [1.54, 1.807) is 35.0 Å². The molecule has 0 bridgehead atoms. The Morgan fingerprint density at radius 3 is 2.66 bits per heavy atom. The second-order valence-electron chi connectivity index (χ2n) is 7.47. The summed E-state index contributed by atoms with van der Waals surface area (Å²) < 4.78 is 6.36. The van der Waals surface area contributed by atoms with E-state index in [4.69, 9.17) is 0 Å². The van der Waals surface area contributed by atoms with Gasteiger partial charge in [-0.2, -0.15) is 0 Å². The predicted molar refractivity (Wildman–Crippen MR) is 117 cm³/mol. The monoisotopic (exact) mass is 436 g/mol. The van der Waals surface area contributed by atoms with E-state index in [1.165, 1.54) is 13.2 Å². The number of ether oxygens (including phenoxy) is 1. The van der Waals surface area contributed by atoms with Crippen LogP contribution >= 0.6 is 0 Å². The average molecular weight is 436 g/mol. The van der Waals surface area contributed by atoms with Gasteiger partial charge in [-0.15, -0.1) is 5.10 Å². The van der Waals surface area contributed by atoms with Crippen LogP contribution in [0.5, 0.6) is 0 Å². The van der Waals surface area contributed by atoms with Gasteiger partial charge in [0.1, 0.15) is 5.52 Å². The Hall–Kier alpha value is -3.95. The van der Waals surface area contributed by atoms with Crippen molar-refractivity contribution in [3.8, 4) is 0 Å². The number of methoxy groups -OCH3 is 1. The van der Waals surface area contributed by atoms with Crippen LogP contribution in [0.25, 0.3) is 11.0 Å². The third kappa shape index (κ3) is 4.69. The summed E-state index contributed by atoms with van der Waals surface area (Å²) in [5, 5.41) is 13.7. The van der Waals surface area contributed by atoms with E-state index in [9.17, 15) is 14.4 Å². The number of anilines is 1. The van der Waals surface area contributed by atoms with E-state index < -0.39 is 12.0 Å². The van der Waals surface area contributed by atoms with Crippen LogP contribution in [0.15, 0.2) is 42.5 Å². The Labute approximate surface area is 184 Å². The molecule has 3 aromatic rings. The lowest BCUT2D eigenvalue weighted by atomic mass is 10.1. The molecule has 1 aromatic heterocycles. The van der Waals surface area contributed by atoms with Crippen molar-refractivity contribution in [3.63, 3.8) is 0 Å². The minimum absolute atomic E-state index is 0.0218. The SMILES string of the molecule is COC(=O)c1cccc(NC(=O)NCCn2nnc3cc(C(=O)N4CCCC4)ccc32)c1. The van der Waals surface area contributed by atoms with Crippen LogP contribution < -0.4 is 10.6 Å². The van der Waals surface area contributed by atoms with E-state index in [2.05, 4.69) is 25.7 Å². The molecule has 4 rings (SSSR count). The third-order valence-corrected chi connectivity index (χ3v) is 5.30. The lowest BCUT2D eigenvalue weighted by Gasteiger charge is -2.14. The molecule has 0 aliphatic carbocycles. The van der Waals surface area contributed by atoms with E-state index in [0.29, 0.717) is 35.4 Å². The molecular formula is C22H24N6O4.